The molecule has 0 radical (unpaired) electrons. The first kappa shape index (κ1) is 14.0. The van der Waals surface area contributed by atoms with Crippen molar-refractivity contribution in [1.29, 1.82) is 0 Å². The highest BCUT2D eigenvalue weighted by atomic mass is 16.3. The minimum atomic E-state index is -0.279. The predicted molar refractivity (Wildman–Crippen MR) is 78.0 cm³/mol. The van der Waals surface area contributed by atoms with E-state index in [1.165, 1.54) is 10.9 Å². The van der Waals surface area contributed by atoms with Gasteiger partial charge in [0.05, 0.1) is 6.10 Å². The summed E-state index contributed by atoms with van der Waals surface area (Å²) in [7, 11) is 0. The van der Waals surface area contributed by atoms with Crippen molar-refractivity contribution in [3.05, 3.63) is 30.1 Å². The molecule has 0 amide bonds. The molecular weight excluding hydrogens is 238 g/mol. The highest BCUT2D eigenvalue weighted by Crippen LogP contribution is 2.20. The summed E-state index contributed by atoms with van der Waals surface area (Å²) in [5.41, 5.74) is 2.27. The zero-order valence-electron chi connectivity index (χ0n) is 11.9. The number of aliphatic hydroxyl groups excluding tert-OH is 1. The van der Waals surface area contributed by atoms with Crippen molar-refractivity contribution < 1.29 is 5.11 Å². The number of rotatable bonds is 6. The molecule has 4 heteroatoms. The fraction of sp³-hybridized carbons (Fsp3) is 0.533. The zero-order valence-corrected chi connectivity index (χ0v) is 11.9. The van der Waals surface area contributed by atoms with Crippen molar-refractivity contribution >= 4 is 11.0 Å². The molecule has 0 aromatic carbocycles. The Bertz CT molecular complexity index is 485. The molecule has 2 heterocycles. The van der Waals surface area contributed by atoms with Gasteiger partial charge in [0, 0.05) is 36.9 Å². The summed E-state index contributed by atoms with van der Waals surface area (Å²) in [5, 5.41) is 14.1. The van der Waals surface area contributed by atoms with Gasteiger partial charge in [0.25, 0.3) is 0 Å². The van der Waals surface area contributed by atoms with Gasteiger partial charge in [-0.3, -0.25) is 0 Å². The van der Waals surface area contributed by atoms with Gasteiger partial charge in [-0.1, -0.05) is 13.8 Å². The Balaban J connectivity index is 2.26. The Morgan fingerprint density at radius 1 is 1.37 bits per heavy atom. The molecule has 2 aromatic rings. The van der Waals surface area contributed by atoms with Gasteiger partial charge in [0.15, 0.2) is 0 Å². The molecule has 1 atom stereocenters. The van der Waals surface area contributed by atoms with Crippen LogP contribution in [0, 0.1) is 0 Å². The Labute approximate surface area is 114 Å². The van der Waals surface area contributed by atoms with Crippen LogP contribution in [0.1, 0.15) is 32.8 Å². The molecule has 0 aliphatic carbocycles. The van der Waals surface area contributed by atoms with E-state index in [-0.39, 0.29) is 6.10 Å². The summed E-state index contributed by atoms with van der Waals surface area (Å²) < 4.78 is 2.14. The van der Waals surface area contributed by atoms with E-state index in [0.717, 1.165) is 25.2 Å². The summed E-state index contributed by atoms with van der Waals surface area (Å²) in [6.45, 7) is 7.75. The van der Waals surface area contributed by atoms with E-state index in [0.29, 0.717) is 6.04 Å². The Kier molecular flexibility index (Phi) is 4.56. The second-order valence-electron chi connectivity index (χ2n) is 5.40. The van der Waals surface area contributed by atoms with Gasteiger partial charge in [-0.15, -0.1) is 0 Å². The lowest BCUT2D eigenvalue weighted by molar-refractivity contribution is 0.178. The van der Waals surface area contributed by atoms with E-state index in [4.69, 9.17) is 0 Å². The highest BCUT2D eigenvalue weighted by Gasteiger charge is 2.10. The third-order valence-corrected chi connectivity index (χ3v) is 3.20. The lowest BCUT2D eigenvalue weighted by Gasteiger charge is -2.07. The van der Waals surface area contributed by atoms with Crippen molar-refractivity contribution in [1.82, 2.24) is 14.9 Å². The van der Waals surface area contributed by atoms with E-state index in [9.17, 15) is 5.11 Å². The minimum Gasteiger partial charge on any atom is -0.393 e. The third-order valence-electron chi connectivity index (χ3n) is 3.20. The van der Waals surface area contributed by atoms with Crippen molar-refractivity contribution in [2.24, 2.45) is 0 Å². The largest absolute Gasteiger partial charge is 0.393 e. The van der Waals surface area contributed by atoms with Crippen LogP contribution in [0.4, 0.5) is 0 Å². The predicted octanol–water partition coefficient (Wildman–Crippen LogP) is 2.31. The van der Waals surface area contributed by atoms with Crippen LogP contribution in [-0.4, -0.2) is 26.8 Å². The molecule has 0 aliphatic rings. The third kappa shape index (κ3) is 3.55. The summed E-state index contributed by atoms with van der Waals surface area (Å²) in [4.78, 5) is 4.46. The number of nitrogens with zero attached hydrogens (tertiary/aromatic N) is 2. The van der Waals surface area contributed by atoms with Crippen LogP contribution >= 0.6 is 0 Å². The van der Waals surface area contributed by atoms with Gasteiger partial charge in [-0.25, -0.2) is 4.98 Å². The number of hydrogen-bond acceptors (Lipinski definition) is 3. The topological polar surface area (TPSA) is 50.1 Å². The SMILES string of the molecule is CC(O)CCn1cc(CNC(C)C)c2cccnc21. The monoisotopic (exact) mass is 261 g/mol. The maximum Gasteiger partial charge on any atom is 0.140 e. The van der Waals surface area contributed by atoms with Gasteiger partial charge in [-0.05, 0) is 31.0 Å². The van der Waals surface area contributed by atoms with Crippen molar-refractivity contribution in [3.8, 4) is 0 Å². The minimum absolute atomic E-state index is 0.279. The molecule has 104 valence electrons. The van der Waals surface area contributed by atoms with Crippen LogP contribution in [0.3, 0.4) is 0 Å². The summed E-state index contributed by atoms with van der Waals surface area (Å²) >= 11 is 0. The van der Waals surface area contributed by atoms with E-state index >= 15 is 0 Å². The molecule has 1 unspecified atom stereocenters. The van der Waals surface area contributed by atoms with E-state index < -0.39 is 0 Å². The van der Waals surface area contributed by atoms with Crippen LogP contribution < -0.4 is 5.32 Å². The molecule has 0 aliphatic heterocycles. The molecule has 19 heavy (non-hydrogen) atoms. The van der Waals surface area contributed by atoms with E-state index in [2.05, 4.69) is 41.0 Å². The molecule has 0 bridgehead atoms. The number of hydrogen-bond donors (Lipinski definition) is 2. The number of aryl methyl sites for hydroxylation is 1. The second kappa shape index (κ2) is 6.17. The molecule has 2 aromatic heterocycles. The second-order valence-corrected chi connectivity index (χ2v) is 5.40. The Morgan fingerprint density at radius 3 is 2.84 bits per heavy atom. The molecule has 2 rings (SSSR count). The van der Waals surface area contributed by atoms with Crippen LogP contribution in [0.5, 0.6) is 0 Å². The standard InChI is InChI=1S/C15H23N3O/c1-11(2)17-9-13-10-18(8-6-12(3)19)15-14(13)5-4-7-16-15/h4-5,7,10-12,17,19H,6,8-9H2,1-3H3. The fourth-order valence-corrected chi connectivity index (χ4v) is 2.15. The molecule has 0 saturated heterocycles. The van der Waals surface area contributed by atoms with Crippen LogP contribution in [0.25, 0.3) is 11.0 Å². The molecule has 2 N–H and O–H groups in total. The lowest BCUT2D eigenvalue weighted by Crippen LogP contribution is -2.21. The number of aliphatic hydroxyl groups is 1. The average Bonchev–Trinajstić information content (AvgIpc) is 2.72. The average molecular weight is 261 g/mol. The van der Waals surface area contributed by atoms with Gasteiger partial charge < -0.3 is 15.0 Å². The summed E-state index contributed by atoms with van der Waals surface area (Å²) in [5.74, 6) is 0. The summed E-state index contributed by atoms with van der Waals surface area (Å²) in [6.07, 6.45) is 4.44. The number of fused-ring (bicyclic) bond motifs is 1. The van der Waals surface area contributed by atoms with Gasteiger partial charge >= 0.3 is 0 Å². The van der Waals surface area contributed by atoms with Crippen molar-refractivity contribution in [2.45, 2.75) is 52.4 Å². The first-order valence-corrected chi connectivity index (χ1v) is 6.92. The van der Waals surface area contributed by atoms with Crippen LogP contribution in [-0.2, 0) is 13.1 Å². The van der Waals surface area contributed by atoms with Gasteiger partial charge in [-0.2, -0.15) is 0 Å². The first-order chi connectivity index (χ1) is 9.08. The number of pyridine rings is 1. The number of aromatic nitrogens is 2. The molecule has 0 saturated carbocycles. The maximum atomic E-state index is 9.42. The molecule has 0 fully saturated rings. The molecule has 4 nitrogen and oxygen atoms in total. The molecular formula is C15H23N3O. The van der Waals surface area contributed by atoms with Crippen molar-refractivity contribution in [3.63, 3.8) is 0 Å². The highest BCUT2D eigenvalue weighted by molar-refractivity contribution is 5.80. The summed E-state index contributed by atoms with van der Waals surface area (Å²) in [6, 6.07) is 4.55. The Morgan fingerprint density at radius 2 is 2.16 bits per heavy atom. The van der Waals surface area contributed by atoms with Gasteiger partial charge in [0.2, 0.25) is 0 Å². The smallest absolute Gasteiger partial charge is 0.140 e. The fourth-order valence-electron chi connectivity index (χ4n) is 2.15. The van der Waals surface area contributed by atoms with Crippen molar-refractivity contribution in [2.75, 3.05) is 0 Å². The van der Waals surface area contributed by atoms with Crippen LogP contribution in [0.2, 0.25) is 0 Å². The van der Waals surface area contributed by atoms with Gasteiger partial charge in [0.1, 0.15) is 5.65 Å². The first-order valence-electron chi connectivity index (χ1n) is 6.92. The molecule has 0 spiro atoms. The van der Waals surface area contributed by atoms with E-state index in [1.807, 2.05) is 19.2 Å². The lowest BCUT2D eigenvalue weighted by atomic mass is 10.2. The number of nitrogens with one attached hydrogen (secondary N) is 1. The normalized spacial score (nSPS) is 13.3. The van der Waals surface area contributed by atoms with E-state index in [1.54, 1.807) is 0 Å². The maximum absolute atomic E-state index is 9.42. The quantitative estimate of drug-likeness (QED) is 0.839. The Hall–Kier alpha value is -1.39. The van der Waals surface area contributed by atoms with Crippen LogP contribution in [0.15, 0.2) is 24.5 Å². The zero-order chi connectivity index (χ0) is 13.8.